The van der Waals surface area contributed by atoms with Gasteiger partial charge in [-0.15, -0.1) is 0 Å². The number of carbonyl (C=O) groups excluding carboxylic acids is 1. The Morgan fingerprint density at radius 1 is 0.938 bits per heavy atom. The quantitative estimate of drug-likeness (QED) is 0.553. The van der Waals surface area contributed by atoms with Gasteiger partial charge in [-0.1, -0.05) is 54.6 Å². The second-order valence-corrected chi connectivity index (χ2v) is 8.97. The average molecular weight is 430 g/mol. The lowest BCUT2D eigenvalue weighted by atomic mass is 9.86. The number of aromatic nitrogens is 2. The summed E-state index contributed by atoms with van der Waals surface area (Å²) in [7, 11) is 1.77. The number of benzene rings is 2. The van der Waals surface area contributed by atoms with Crippen molar-refractivity contribution in [1.82, 2.24) is 9.78 Å². The van der Waals surface area contributed by atoms with Crippen molar-refractivity contribution >= 4 is 11.7 Å². The Labute approximate surface area is 190 Å². The minimum Gasteiger partial charge on any atom is -0.381 e. The number of hydrogen-bond donors (Lipinski definition) is 0. The minimum absolute atomic E-state index is 0.0698. The summed E-state index contributed by atoms with van der Waals surface area (Å²) in [5.41, 5.74) is 5.55. The van der Waals surface area contributed by atoms with Crippen LogP contribution in [0, 0.1) is 12.8 Å². The van der Waals surface area contributed by atoms with Crippen LogP contribution in [0.3, 0.4) is 0 Å². The normalized spacial score (nSPS) is 20.8. The fourth-order valence-corrected chi connectivity index (χ4v) is 5.35. The molecule has 0 N–H and O–H groups in total. The molecule has 1 aromatic heterocycles. The Morgan fingerprint density at radius 3 is 2.34 bits per heavy atom. The van der Waals surface area contributed by atoms with Gasteiger partial charge in [-0.05, 0) is 55.7 Å². The van der Waals surface area contributed by atoms with Crippen LogP contribution in [0.4, 0.5) is 5.82 Å². The zero-order valence-corrected chi connectivity index (χ0v) is 19.0. The summed E-state index contributed by atoms with van der Waals surface area (Å²) in [5, 5.41) is 4.87. The summed E-state index contributed by atoms with van der Waals surface area (Å²) in [6, 6.07) is 18.9. The molecule has 166 valence electrons. The number of aryl methyl sites for hydroxylation is 2. The van der Waals surface area contributed by atoms with Gasteiger partial charge < -0.3 is 4.74 Å². The Hall–Kier alpha value is -2.92. The van der Waals surface area contributed by atoms with Crippen molar-refractivity contribution in [3.63, 3.8) is 0 Å². The van der Waals surface area contributed by atoms with Crippen LogP contribution in [0.25, 0.3) is 22.3 Å². The number of ether oxygens (including phenoxy) is 1. The molecule has 5 nitrogen and oxygen atoms in total. The van der Waals surface area contributed by atoms with E-state index in [2.05, 4.69) is 60.1 Å². The van der Waals surface area contributed by atoms with E-state index in [-0.39, 0.29) is 11.8 Å². The van der Waals surface area contributed by atoms with Gasteiger partial charge >= 0.3 is 0 Å². The second kappa shape index (κ2) is 8.91. The first-order chi connectivity index (χ1) is 15.7. The van der Waals surface area contributed by atoms with Crippen molar-refractivity contribution in [2.75, 3.05) is 18.6 Å². The third-order valence-corrected chi connectivity index (χ3v) is 7.01. The highest BCUT2D eigenvalue weighted by Crippen LogP contribution is 2.42. The van der Waals surface area contributed by atoms with Gasteiger partial charge in [0, 0.05) is 31.7 Å². The van der Waals surface area contributed by atoms with Gasteiger partial charge in [-0.25, -0.2) is 4.68 Å². The SMILES string of the molecule is COC1CCC(C(=O)N2CCCn3nc(C)c(-c4ccccc4-c4ccccc4)c32)CC1. The van der Waals surface area contributed by atoms with Crippen LogP contribution in [0.2, 0.25) is 0 Å². The molecule has 1 fully saturated rings. The van der Waals surface area contributed by atoms with E-state index in [1.165, 1.54) is 11.1 Å². The molecular formula is C27H31N3O2. The number of rotatable bonds is 4. The molecule has 3 aromatic rings. The van der Waals surface area contributed by atoms with Crippen molar-refractivity contribution in [3.05, 3.63) is 60.3 Å². The van der Waals surface area contributed by atoms with E-state index in [1.54, 1.807) is 7.11 Å². The van der Waals surface area contributed by atoms with Gasteiger partial charge in [-0.2, -0.15) is 5.10 Å². The van der Waals surface area contributed by atoms with Crippen molar-refractivity contribution in [3.8, 4) is 22.3 Å². The Bertz CT molecular complexity index is 1100. The second-order valence-electron chi connectivity index (χ2n) is 8.97. The summed E-state index contributed by atoms with van der Waals surface area (Å²) in [5.74, 6) is 1.29. The van der Waals surface area contributed by atoms with Crippen LogP contribution in [-0.4, -0.2) is 35.4 Å². The molecule has 0 radical (unpaired) electrons. The van der Waals surface area contributed by atoms with E-state index in [0.717, 1.165) is 67.8 Å². The maximum Gasteiger partial charge on any atom is 0.231 e. The van der Waals surface area contributed by atoms with Crippen molar-refractivity contribution in [2.45, 2.75) is 51.7 Å². The van der Waals surface area contributed by atoms with Crippen molar-refractivity contribution in [1.29, 1.82) is 0 Å². The fourth-order valence-electron chi connectivity index (χ4n) is 5.35. The number of methoxy groups -OCH3 is 1. The van der Waals surface area contributed by atoms with E-state index in [0.29, 0.717) is 6.10 Å². The Balaban J connectivity index is 1.56. The fraction of sp³-hybridized carbons (Fsp3) is 0.407. The third kappa shape index (κ3) is 3.75. The van der Waals surface area contributed by atoms with Crippen molar-refractivity contribution < 1.29 is 9.53 Å². The maximum atomic E-state index is 13.7. The maximum absolute atomic E-state index is 13.7. The molecule has 0 atom stereocenters. The number of carbonyl (C=O) groups is 1. The predicted octanol–water partition coefficient (Wildman–Crippen LogP) is 5.47. The predicted molar refractivity (Wildman–Crippen MR) is 128 cm³/mol. The lowest BCUT2D eigenvalue weighted by molar-refractivity contribution is -0.124. The lowest BCUT2D eigenvalue weighted by Crippen LogP contribution is -2.43. The zero-order valence-electron chi connectivity index (χ0n) is 19.0. The highest BCUT2D eigenvalue weighted by molar-refractivity contribution is 6.00. The van der Waals surface area contributed by atoms with Gasteiger partial charge in [0.05, 0.1) is 11.8 Å². The summed E-state index contributed by atoms with van der Waals surface area (Å²) < 4.78 is 7.57. The first-order valence-corrected chi connectivity index (χ1v) is 11.7. The molecule has 0 unspecified atom stereocenters. The van der Waals surface area contributed by atoms with E-state index in [9.17, 15) is 4.79 Å². The summed E-state index contributed by atoms with van der Waals surface area (Å²) >= 11 is 0. The molecule has 2 aliphatic rings. The topological polar surface area (TPSA) is 47.4 Å². The molecule has 5 heteroatoms. The molecule has 1 aliphatic carbocycles. The van der Waals surface area contributed by atoms with Crippen LogP contribution in [0.15, 0.2) is 54.6 Å². The van der Waals surface area contributed by atoms with Crippen molar-refractivity contribution in [2.24, 2.45) is 5.92 Å². The molecule has 0 spiro atoms. The van der Waals surface area contributed by atoms with Gasteiger partial charge in [0.1, 0.15) is 5.82 Å². The lowest BCUT2D eigenvalue weighted by Gasteiger charge is -2.34. The first-order valence-electron chi connectivity index (χ1n) is 11.7. The van der Waals surface area contributed by atoms with Crippen LogP contribution < -0.4 is 4.90 Å². The standard InChI is InChI=1S/C27H31N3O2/c1-19-25(24-12-7-6-11-23(24)20-9-4-3-5-10-20)26-29(17-8-18-30(26)28-19)27(31)21-13-15-22(32-2)16-14-21/h3-7,9-12,21-22H,8,13-18H2,1-2H3. The van der Waals surface area contributed by atoms with Gasteiger partial charge in [-0.3, -0.25) is 9.69 Å². The van der Waals surface area contributed by atoms with E-state index in [4.69, 9.17) is 9.84 Å². The molecule has 32 heavy (non-hydrogen) atoms. The van der Waals surface area contributed by atoms with Gasteiger partial charge in [0.15, 0.2) is 0 Å². The largest absolute Gasteiger partial charge is 0.381 e. The first kappa shape index (κ1) is 21.0. The van der Waals surface area contributed by atoms with E-state index in [1.807, 2.05) is 11.0 Å². The molecule has 2 heterocycles. The van der Waals surface area contributed by atoms with Gasteiger partial charge in [0.2, 0.25) is 5.91 Å². The summed E-state index contributed by atoms with van der Waals surface area (Å²) in [6.07, 6.45) is 4.95. The monoisotopic (exact) mass is 429 g/mol. The molecule has 2 aromatic carbocycles. The highest BCUT2D eigenvalue weighted by atomic mass is 16.5. The number of nitrogens with zero attached hydrogens (tertiary/aromatic N) is 3. The zero-order chi connectivity index (χ0) is 22.1. The Morgan fingerprint density at radius 2 is 1.62 bits per heavy atom. The van der Waals surface area contributed by atoms with Crippen LogP contribution in [0.1, 0.15) is 37.8 Å². The molecule has 1 saturated carbocycles. The summed E-state index contributed by atoms with van der Waals surface area (Å²) in [6.45, 7) is 3.67. The van der Waals surface area contributed by atoms with Crippen LogP contribution >= 0.6 is 0 Å². The van der Waals surface area contributed by atoms with E-state index < -0.39 is 0 Å². The highest BCUT2D eigenvalue weighted by Gasteiger charge is 2.35. The van der Waals surface area contributed by atoms with Crippen LogP contribution in [-0.2, 0) is 16.1 Å². The number of anilines is 1. The molecule has 1 aliphatic heterocycles. The Kier molecular flexibility index (Phi) is 5.83. The minimum atomic E-state index is 0.0698. The molecule has 0 saturated heterocycles. The molecule has 1 amide bonds. The van der Waals surface area contributed by atoms with E-state index >= 15 is 0 Å². The molecule has 5 rings (SSSR count). The van der Waals surface area contributed by atoms with Gasteiger partial charge in [0.25, 0.3) is 0 Å². The third-order valence-electron chi connectivity index (χ3n) is 7.01. The van der Waals surface area contributed by atoms with Crippen LogP contribution in [0.5, 0.6) is 0 Å². The molecule has 0 bridgehead atoms. The average Bonchev–Trinajstić information content (AvgIpc) is 3.20. The number of amides is 1. The summed E-state index contributed by atoms with van der Waals surface area (Å²) in [4.78, 5) is 15.7. The number of fused-ring (bicyclic) bond motifs is 1. The number of hydrogen-bond acceptors (Lipinski definition) is 3. The smallest absolute Gasteiger partial charge is 0.231 e. The molecular weight excluding hydrogens is 398 g/mol.